The van der Waals surface area contributed by atoms with Crippen LogP contribution in [0.15, 0.2) is 24.3 Å². The molecule has 13 N–H and O–H groups in total. The molecule has 1 aromatic rings. The van der Waals surface area contributed by atoms with E-state index < -0.39 is 78.4 Å². The SMILES string of the molecule is NC(=O)CCC(NC(=O)C(CC(N)=O)NC(=O)C(CC(N)=O)NC(=O)C(N)Cc1ccc(O)cc1)C(=O)O. The molecule has 38 heavy (non-hydrogen) atoms. The molecule has 0 fully saturated rings. The number of carbonyl (C=O) groups is 7. The lowest BCUT2D eigenvalue weighted by molar-refractivity contribution is -0.143. The normalized spacial score (nSPS) is 13.7. The van der Waals surface area contributed by atoms with Gasteiger partial charge in [0.2, 0.25) is 35.4 Å². The molecule has 0 saturated heterocycles. The summed E-state index contributed by atoms with van der Waals surface area (Å²) in [5, 5.41) is 25.1. The van der Waals surface area contributed by atoms with Gasteiger partial charge in [-0.1, -0.05) is 12.1 Å². The van der Waals surface area contributed by atoms with Crippen LogP contribution < -0.4 is 38.9 Å². The molecular weight excluding hydrogens is 506 g/mol. The van der Waals surface area contributed by atoms with E-state index in [9.17, 15) is 43.8 Å². The van der Waals surface area contributed by atoms with Crippen molar-refractivity contribution < 1.29 is 43.8 Å². The molecule has 0 heterocycles. The number of primary amides is 3. The summed E-state index contributed by atoms with van der Waals surface area (Å²) in [6, 6.07) is -0.261. The van der Waals surface area contributed by atoms with Crippen molar-refractivity contribution in [2.75, 3.05) is 0 Å². The summed E-state index contributed by atoms with van der Waals surface area (Å²) in [7, 11) is 0. The third kappa shape index (κ3) is 11.3. The van der Waals surface area contributed by atoms with Crippen LogP contribution in [0.4, 0.5) is 0 Å². The largest absolute Gasteiger partial charge is 0.508 e. The lowest BCUT2D eigenvalue weighted by atomic mass is 10.0. The molecule has 6 amide bonds. The second kappa shape index (κ2) is 14.7. The van der Waals surface area contributed by atoms with Crippen LogP contribution in [0, 0.1) is 0 Å². The first-order chi connectivity index (χ1) is 17.7. The van der Waals surface area contributed by atoms with E-state index in [0.29, 0.717) is 5.56 Å². The molecule has 0 radical (unpaired) electrons. The summed E-state index contributed by atoms with van der Waals surface area (Å²) in [4.78, 5) is 83.4. The molecule has 0 bridgehead atoms. The third-order valence-electron chi connectivity index (χ3n) is 5.10. The van der Waals surface area contributed by atoms with Gasteiger partial charge in [0.05, 0.1) is 18.9 Å². The first-order valence-corrected chi connectivity index (χ1v) is 11.2. The first-order valence-electron chi connectivity index (χ1n) is 11.2. The topological polar surface area (TPSA) is 300 Å². The predicted octanol–water partition coefficient (Wildman–Crippen LogP) is -4.18. The van der Waals surface area contributed by atoms with Gasteiger partial charge in [-0.25, -0.2) is 4.79 Å². The van der Waals surface area contributed by atoms with Gasteiger partial charge in [-0.3, -0.25) is 28.8 Å². The number of carboxylic acids is 1. The first kappa shape index (κ1) is 31.3. The van der Waals surface area contributed by atoms with E-state index in [4.69, 9.17) is 22.9 Å². The van der Waals surface area contributed by atoms with Crippen molar-refractivity contribution in [3.63, 3.8) is 0 Å². The van der Waals surface area contributed by atoms with Crippen LogP contribution in [0.2, 0.25) is 0 Å². The minimum absolute atomic E-state index is 0.00191. The Morgan fingerprint density at radius 2 is 1.16 bits per heavy atom. The fourth-order valence-corrected chi connectivity index (χ4v) is 3.17. The minimum atomic E-state index is -1.70. The van der Waals surface area contributed by atoms with Gasteiger partial charge in [0.15, 0.2) is 0 Å². The number of rotatable bonds is 16. The Morgan fingerprint density at radius 3 is 1.58 bits per heavy atom. The lowest BCUT2D eigenvalue weighted by Gasteiger charge is -2.24. The molecule has 0 saturated carbocycles. The number of aromatic hydroxyl groups is 1. The number of carboxylic acid groups (broad SMARTS) is 1. The molecule has 0 aromatic heterocycles. The van der Waals surface area contributed by atoms with Crippen molar-refractivity contribution >= 4 is 41.4 Å². The summed E-state index contributed by atoms with van der Waals surface area (Å²) in [5.41, 5.74) is 21.8. The molecule has 4 atom stereocenters. The Balaban J connectivity index is 2.98. The summed E-state index contributed by atoms with van der Waals surface area (Å²) < 4.78 is 0. The maximum atomic E-state index is 12.9. The van der Waals surface area contributed by atoms with E-state index in [2.05, 4.69) is 16.0 Å². The number of phenolic OH excluding ortho intramolecular Hbond substituents is 1. The molecule has 16 heteroatoms. The van der Waals surface area contributed by atoms with Gasteiger partial charge in [-0.2, -0.15) is 0 Å². The number of nitrogens with two attached hydrogens (primary N) is 4. The molecule has 0 aliphatic heterocycles. The maximum Gasteiger partial charge on any atom is 0.326 e. The number of aliphatic carboxylic acids is 1. The maximum absolute atomic E-state index is 12.9. The minimum Gasteiger partial charge on any atom is -0.508 e. The van der Waals surface area contributed by atoms with Gasteiger partial charge >= 0.3 is 5.97 Å². The second-order valence-electron chi connectivity index (χ2n) is 8.34. The number of phenols is 1. The molecule has 0 spiro atoms. The standard InChI is InChI=1S/C22H31N7O9/c23-12(7-10-1-3-11(30)4-2-10)19(34)28-14(8-17(25)32)21(36)29-15(9-18(26)33)20(35)27-13(22(37)38)5-6-16(24)31/h1-4,12-15,30H,5-9,23H2,(H2,24,31)(H2,25,32)(H2,26,33)(H,27,35)(H,28,34)(H,29,36)(H,37,38). The molecule has 4 unspecified atom stereocenters. The van der Waals surface area contributed by atoms with Crippen LogP contribution in [-0.2, 0) is 40.0 Å². The van der Waals surface area contributed by atoms with Gasteiger partial charge < -0.3 is 49.1 Å². The Bertz CT molecular complexity index is 1060. The highest BCUT2D eigenvalue weighted by atomic mass is 16.4. The summed E-state index contributed by atoms with van der Waals surface area (Å²) in [5.74, 6) is -7.46. The number of benzene rings is 1. The molecule has 16 nitrogen and oxygen atoms in total. The van der Waals surface area contributed by atoms with Crippen molar-refractivity contribution in [1.82, 2.24) is 16.0 Å². The zero-order valence-corrected chi connectivity index (χ0v) is 20.2. The van der Waals surface area contributed by atoms with Crippen LogP contribution in [0.5, 0.6) is 5.75 Å². The van der Waals surface area contributed by atoms with E-state index in [1.165, 1.54) is 24.3 Å². The Morgan fingerprint density at radius 1 is 0.711 bits per heavy atom. The zero-order valence-electron chi connectivity index (χ0n) is 20.2. The van der Waals surface area contributed by atoms with Crippen molar-refractivity contribution in [2.24, 2.45) is 22.9 Å². The van der Waals surface area contributed by atoms with Crippen LogP contribution >= 0.6 is 0 Å². The molecule has 0 aliphatic rings. The van der Waals surface area contributed by atoms with Crippen molar-refractivity contribution in [3.05, 3.63) is 29.8 Å². The summed E-state index contributed by atoms with van der Waals surface area (Å²) >= 11 is 0. The van der Waals surface area contributed by atoms with Gasteiger partial charge in [0.1, 0.15) is 23.9 Å². The Labute approximate surface area is 216 Å². The average molecular weight is 538 g/mol. The molecule has 1 rings (SSSR count). The summed E-state index contributed by atoms with van der Waals surface area (Å²) in [6.07, 6.45) is -2.21. The van der Waals surface area contributed by atoms with Crippen molar-refractivity contribution in [2.45, 2.75) is 56.3 Å². The molecule has 0 aliphatic carbocycles. The molecular formula is C22H31N7O9. The van der Waals surface area contributed by atoms with Crippen LogP contribution in [-0.4, -0.2) is 75.8 Å². The number of amides is 6. The van der Waals surface area contributed by atoms with Crippen LogP contribution in [0.1, 0.15) is 31.2 Å². The van der Waals surface area contributed by atoms with Crippen LogP contribution in [0.3, 0.4) is 0 Å². The zero-order chi connectivity index (χ0) is 29.0. The smallest absolute Gasteiger partial charge is 0.326 e. The van der Waals surface area contributed by atoms with Gasteiger partial charge in [-0.15, -0.1) is 0 Å². The Kier molecular flexibility index (Phi) is 12.1. The second-order valence-corrected chi connectivity index (χ2v) is 8.34. The fourth-order valence-electron chi connectivity index (χ4n) is 3.17. The number of hydrogen-bond donors (Lipinski definition) is 9. The van der Waals surface area contributed by atoms with Gasteiger partial charge in [-0.05, 0) is 30.5 Å². The van der Waals surface area contributed by atoms with E-state index in [1.807, 2.05) is 0 Å². The van der Waals surface area contributed by atoms with E-state index in [-0.39, 0.29) is 25.0 Å². The number of nitrogens with one attached hydrogen (secondary N) is 3. The molecule has 1 aromatic carbocycles. The molecule has 208 valence electrons. The van der Waals surface area contributed by atoms with Crippen molar-refractivity contribution in [3.8, 4) is 5.75 Å². The van der Waals surface area contributed by atoms with E-state index >= 15 is 0 Å². The quantitative estimate of drug-likeness (QED) is 0.0979. The number of carbonyl (C=O) groups excluding carboxylic acids is 6. The van der Waals surface area contributed by atoms with Gasteiger partial charge in [0.25, 0.3) is 0 Å². The van der Waals surface area contributed by atoms with Crippen molar-refractivity contribution in [1.29, 1.82) is 0 Å². The Hall–Kier alpha value is -4.73. The van der Waals surface area contributed by atoms with Gasteiger partial charge in [0, 0.05) is 6.42 Å². The lowest BCUT2D eigenvalue weighted by Crippen LogP contribution is -2.58. The predicted molar refractivity (Wildman–Crippen MR) is 129 cm³/mol. The van der Waals surface area contributed by atoms with E-state index in [0.717, 1.165) is 0 Å². The highest BCUT2D eigenvalue weighted by Gasteiger charge is 2.32. The third-order valence-corrected chi connectivity index (χ3v) is 5.10. The summed E-state index contributed by atoms with van der Waals surface area (Å²) in [6.45, 7) is 0. The van der Waals surface area contributed by atoms with E-state index in [1.54, 1.807) is 0 Å². The average Bonchev–Trinajstić information content (AvgIpc) is 2.81. The highest BCUT2D eigenvalue weighted by Crippen LogP contribution is 2.11. The number of hydrogen-bond acceptors (Lipinski definition) is 9. The monoisotopic (exact) mass is 537 g/mol. The highest BCUT2D eigenvalue weighted by molar-refractivity contribution is 5.97. The fraction of sp³-hybridized carbons (Fsp3) is 0.409. The van der Waals surface area contributed by atoms with Crippen LogP contribution in [0.25, 0.3) is 0 Å².